The van der Waals surface area contributed by atoms with Crippen LogP contribution in [0.25, 0.3) is 44.8 Å². The van der Waals surface area contributed by atoms with E-state index in [4.69, 9.17) is 25.2 Å². The van der Waals surface area contributed by atoms with Crippen LogP contribution in [0.4, 0.5) is 0 Å². The fraction of sp³-hybridized carbons (Fsp3) is 0.400. The number of pyridine rings is 1. The van der Waals surface area contributed by atoms with E-state index in [1.807, 2.05) is 48.3 Å². The molecule has 2 aromatic carbocycles. The number of hydrogen-bond donors (Lipinski definition) is 2. The quantitative estimate of drug-likeness (QED) is 0.262. The molecule has 0 spiro atoms. The monoisotopic (exact) mass is 606 g/mol. The van der Waals surface area contributed by atoms with Gasteiger partial charge < -0.3 is 34.3 Å². The predicted octanol–water partition coefficient (Wildman–Crippen LogP) is 4.74. The maximum Gasteiger partial charge on any atom is 0.254 e. The number of nitrogens with two attached hydrogens (primary N) is 1. The third-order valence-corrected chi connectivity index (χ3v) is 10.2. The first-order chi connectivity index (χ1) is 21.9. The first-order valence-electron chi connectivity index (χ1n) is 15.8. The third-order valence-electron chi connectivity index (χ3n) is 10.2. The highest BCUT2D eigenvalue weighted by molar-refractivity contribution is 6.00. The van der Waals surface area contributed by atoms with E-state index >= 15 is 0 Å². The standard InChI is InChI=1S/C35H38N6O4/c1-39-32-26(13-23(15-30(32)45-3)35(43)41-17-22-7-10-27(41)31(22)36)38-34(39)28-14-21-6-9-25(37-33(21)40(28)16-19-4-5-19)20-8-11-29(44-2)24(12-20)18-42/h6,8-9,11-15,19,22,27,31,42H,4-5,7,10,16-18,36H2,1-3H3. The molecular formula is C35H38N6O4. The van der Waals surface area contributed by atoms with Crippen LogP contribution in [0.3, 0.4) is 0 Å². The van der Waals surface area contributed by atoms with E-state index in [1.54, 1.807) is 14.2 Å². The van der Waals surface area contributed by atoms with E-state index in [-0.39, 0.29) is 24.6 Å². The van der Waals surface area contributed by atoms with Crippen LogP contribution < -0.4 is 15.2 Å². The second kappa shape index (κ2) is 10.6. The fourth-order valence-corrected chi connectivity index (χ4v) is 7.54. The maximum atomic E-state index is 13.7. The highest BCUT2D eigenvalue weighted by Gasteiger charge is 2.47. The van der Waals surface area contributed by atoms with Crippen molar-refractivity contribution in [2.75, 3.05) is 20.8 Å². The lowest BCUT2D eigenvalue weighted by molar-refractivity contribution is 0.0700. The van der Waals surface area contributed by atoms with Crippen molar-refractivity contribution in [3.63, 3.8) is 0 Å². The Kier molecular flexibility index (Phi) is 6.61. The van der Waals surface area contributed by atoms with Crippen LogP contribution in [0.5, 0.6) is 11.5 Å². The van der Waals surface area contributed by atoms with Gasteiger partial charge in [-0.05, 0) is 86.1 Å². The number of ether oxygens (including phenoxy) is 2. The van der Waals surface area contributed by atoms with Crippen LogP contribution in [0.15, 0.2) is 48.5 Å². The Morgan fingerprint density at radius 3 is 2.51 bits per heavy atom. The van der Waals surface area contributed by atoms with Crippen molar-refractivity contribution >= 4 is 28.0 Å². The molecule has 4 heterocycles. The van der Waals surface area contributed by atoms with E-state index in [1.165, 1.54) is 12.8 Å². The minimum atomic E-state index is -0.113. The first-order valence-corrected chi connectivity index (χ1v) is 15.8. The number of piperidine rings is 1. The molecule has 2 saturated carbocycles. The van der Waals surface area contributed by atoms with Gasteiger partial charge >= 0.3 is 0 Å². The SMILES string of the molecule is COc1ccc(-c2ccc3cc(-c4nc5cc(C(=O)N6CC7CCC6C7N)cc(OC)c5n4C)n(CC4CC4)c3n2)cc1CO. The number of rotatable bonds is 8. The minimum Gasteiger partial charge on any atom is -0.496 e. The minimum absolute atomic E-state index is 0.00693. The molecule has 3 aliphatic rings. The molecule has 45 heavy (non-hydrogen) atoms. The molecule has 3 fully saturated rings. The number of likely N-dealkylation sites (tertiary alicyclic amines) is 1. The number of aliphatic hydroxyl groups excluding tert-OH is 1. The van der Waals surface area contributed by atoms with Crippen LogP contribution in [0.1, 0.15) is 41.6 Å². The highest BCUT2D eigenvalue weighted by Crippen LogP contribution is 2.40. The van der Waals surface area contributed by atoms with Crippen LogP contribution in [-0.2, 0) is 20.2 Å². The molecule has 10 heteroatoms. The van der Waals surface area contributed by atoms with Gasteiger partial charge in [0.2, 0.25) is 0 Å². The predicted molar refractivity (Wildman–Crippen MR) is 172 cm³/mol. The van der Waals surface area contributed by atoms with Crippen molar-refractivity contribution in [2.45, 2.75) is 50.9 Å². The summed E-state index contributed by atoms with van der Waals surface area (Å²) >= 11 is 0. The highest BCUT2D eigenvalue weighted by atomic mass is 16.5. The molecule has 1 amide bonds. The number of aliphatic hydroxyl groups is 1. The van der Waals surface area contributed by atoms with Crippen molar-refractivity contribution in [3.8, 4) is 34.3 Å². The zero-order valence-electron chi connectivity index (χ0n) is 25.9. The summed E-state index contributed by atoms with van der Waals surface area (Å²) in [6.07, 6.45) is 4.45. The van der Waals surface area contributed by atoms with E-state index in [0.717, 1.165) is 69.8 Å². The number of benzene rings is 2. The van der Waals surface area contributed by atoms with Gasteiger partial charge in [-0.2, -0.15) is 0 Å². The van der Waals surface area contributed by atoms with Gasteiger partial charge in [0.1, 0.15) is 22.7 Å². The zero-order chi connectivity index (χ0) is 31.0. The van der Waals surface area contributed by atoms with Crippen molar-refractivity contribution in [1.82, 2.24) is 24.0 Å². The van der Waals surface area contributed by atoms with Gasteiger partial charge in [0.25, 0.3) is 5.91 Å². The number of hydrogen-bond acceptors (Lipinski definition) is 7. The molecule has 8 rings (SSSR count). The van der Waals surface area contributed by atoms with E-state index in [0.29, 0.717) is 35.4 Å². The first kappa shape index (κ1) is 28.1. The Balaban J connectivity index is 1.23. The van der Waals surface area contributed by atoms with Crippen molar-refractivity contribution in [2.24, 2.45) is 24.6 Å². The van der Waals surface area contributed by atoms with Crippen LogP contribution in [0, 0.1) is 11.8 Å². The number of carbonyl (C=O) groups is 1. The average molecular weight is 607 g/mol. The Morgan fingerprint density at radius 2 is 1.82 bits per heavy atom. The third kappa shape index (κ3) is 4.49. The summed E-state index contributed by atoms with van der Waals surface area (Å²) in [5.41, 5.74) is 12.9. The molecule has 2 bridgehead atoms. The smallest absolute Gasteiger partial charge is 0.254 e. The van der Waals surface area contributed by atoms with E-state index in [9.17, 15) is 9.90 Å². The van der Waals surface area contributed by atoms with Gasteiger partial charge in [-0.1, -0.05) is 0 Å². The summed E-state index contributed by atoms with van der Waals surface area (Å²) in [5, 5.41) is 10.9. The molecule has 2 aliphatic carbocycles. The van der Waals surface area contributed by atoms with Gasteiger partial charge in [0.05, 0.1) is 37.7 Å². The van der Waals surface area contributed by atoms with Crippen LogP contribution >= 0.6 is 0 Å². The van der Waals surface area contributed by atoms with Crippen molar-refractivity contribution in [1.29, 1.82) is 0 Å². The summed E-state index contributed by atoms with van der Waals surface area (Å²) in [6, 6.07) is 15.9. The molecule has 1 saturated heterocycles. The Hall–Kier alpha value is -4.41. The number of aryl methyl sites for hydroxylation is 1. The van der Waals surface area contributed by atoms with Gasteiger partial charge in [-0.15, -0.1) is 0 Å². The maximum absolute atomic E-state index is 13.7. The van der Waals surface area contributed by atoms with Crippen molar-refractivity contribution < 1.29 is 19.4 Å². The molecule has 10 nitrogen and oxygen atoms in total. The number of aromatic nitrogens is 4. The molecule has 1 aliphatic heterocycles. The summed E-state index contributed by atoms with van der Waals surface area (Å²) < 4.78 is 15.6. The molecule has 3 atom stereocenters. The lowest BCUT2D eigenvalue weighted by atomic mass is 10.1. The number of amides is 1. The zero-order valence-corrected chi connectivity index (χ0v) is 25.9. The molecule has 0 radical (unpaired) electrons. The summed E-state index contributed by atoms with van der Waals surface area (Å²) in [5.74, 6) is 3.04. The van der Waals surface area contributed by atoms with Gasteiger partial charge in [0, 0.05) is 54.3 Å². The number of fused-ring (bicyclic) bond motifs is 4. The summed E-state index contributed by atoms with van der Waals surface area (Å²) in [6.45, 7) is 1.45. The van der Waals surface area contributed by atoms with Gasteiger partial charge in [0.15, 0.2) is 5.82 Å². The topological polar surface area (TPSA) is 121 Å². The Labute approximate surface area is 261 Å². The van der Waals surface area contributed by atoms with E-state index in [2.05, 4.69) is 21.3 Å². The molecule has 3 aromatic heterocycles. The van der Waals surface area contributed by atoms with Crippen LogP contribution in [-0.4, -0.2) is 67.9 Å². The van der Waals surface area contributed by atoms with Gasteiger partial charge in [-0.3, -0.25) is 4.79 Å². The molecular weight excluding hydrogens is 568 g/mol. The number of carbonyl (C=O) groups excluding carboxylic acids is 1. The summed E-state index contributed by atoms with van der Waals surface area (Å²) in [7, 11) is 5.24. The fourth-order valence-electron chi connectivity index (χ4n) is 7.54. The Bertz CT molecular complexity index is 1970. The normalized spacial score (nSPS) is 20.9. The van der Waals surface area contributed by atoms with Crippen molar-refractivity contribution in [3.05, 3.63) is 59.7 Å². The van der Waals surface area contributed by atoms with Crippen LogP contribution in [0.2, 0.25) is 0 Å². The molecule has 5 aromatic rings. The lowest BCUT2D eigenvalue weighted by Gasteiger charge is -2.27. The van der Waals surface area contributed by atoms with Gasteiger partial charge in [-0.25, -0.2) is 9.97 Å². The molecule has 3 N–H and O–H groups in total. The summed E-state index contributed by atoms with van der Waals surface area (Å²) in [4.78, 5) is 26.0. The largest absolute Gasteiger partial charge is 0.496 e. The second-order valence-electron chi connectivity index (χ2n) is 12.9. The average Bonchev–Trinajstić information content (AvgIpc) is 3.47. The molecule has 3 unspecified atom stereocenters. The Morgan fingerprint density at radius 1 is 1.00 bits per heavy atom. The number of imidazole rings is 1. The number of nitrogens with zero attached hydrogens (tertiary/aromatic N) is 5. The lowest BCUT2D eigenvalue weighted by Crippen LogP contribution is -2.41. The molecule has 232 valence electrons. The number of methoxy groups -OCH3 is 2. The van der Waals surface area contributed by atoms with E-state index < -0.39 is 0 Å². The second-order valence-corrected chi connectivity index (χ2v) is 12.9.